The summed E-state index contributed by atoms with van der Waals surface area (Å²) in [7, 11) is 1.44. The normalized spacial score (nSPS) is 17.8. The van der Waals surface area contributed by atoms with Crippen LogP contribution in [-0.4, -0.2) is 32.3 Å². The number of hydrogen-bond acceptors (Lipinski definition) is 4. The number of ether oxygens (including phenoxy) is 2. The van der Waals surface area contributed by atoms with Crippen LogP contribution in [0.2, 0.25) is 0 Å². The Balaban J connectivity index is 2.37. The molecule has 1 aromatic rings. The van der Waals surface area contributed by atoms with Crippen LogP contribution in [0.25, 0.3) is 0 Å². The summed E-state index contributed by atoms with van der Waals surface area (Å²) in [6, 6.07) is 2.77. The lowest BCUT2D eigenvalue weighted by Crippen LogP contribution is -2.45. The molecule has 2 amide bonds. The summed E-state index contributed by atoms with van der Waals surface area (Å²) in [5.74, 6) is -0.746. The highest BCUT2D eigenvalue weighted by Gasteiger charge is 2.35. The Bertz CT molecular complexity index is 701. The zero-order chi connectivity index (χ0) is 18.6. The molecule has 0 saturated heterocycles. The Morgan fingerprint density at radius 2 is 2.00 bits per heavy atom. The minimum absolute atomic E-state index is 0.0185. The van der Waals surface area contributed by atoms with Gasteiger partial charge in [-0.1, -0.05) is 12.1 Å². The van der Waals surface area contributed by atoms with E-state index in [0.717, 1.165) is 12.1 Å². The molecule has 0 spiro atoms. The Morgan fingerprint density at radius 1 is 1.28 bits per heavy atom. The summed E-state index contributed by atoms with van der Waals surface area (Å²) in [5, 5.41) is 4.88. The molecule has 1 aromatic carbocycles. The summed E-state index contributed by atoms with van der Waals surface area (Å²) in [4.78, 5) is 24.0. The van der Waals surface area contributed by atoms with E-state index in [1.165, 1.54) is 26.2 Å². The van der Waals surface area contributed by atoms with Crippen molar-refractivity contribution >= 4 is 12.0 Å². The highest BCUT2D eigenvalue weighted by atomic mass is 19.4. The molecule has 0 radical (unpaired) electrons. The first-order valence-corrected chi connectivity index (χ1v) is 7.35. The number of nitrogens with one attached hydrogen (secondary N) is 2. The molecule has 2 N–H and O–H groups in total. The van der Waals surface area contributed by atoms with Gasteiger partial charge in [0, 0.05) is 12.8 Å². The summed E-state index contributed by atoms with van der Waals surface area (Å²) >= 11 is 0. The van der Waals surface area contributed by atoms with Gasteiger partial charge < -0.3 is 20.1 Å². The molecular formula is C16H17F3N2O4. The molecule has 1 atom stereocenters. The van der Waals surface area contributed by atoms with Crippen molar-refractivity contribution < 1.29 is 32.2 Å². The number of amides is 2. The number of rotatable bonds is 5. The van der Waals surface area contributed by atoms with Crippen LogP contribution in [0.4, 0.5) is 18.0 Å². The lowest BCUT2D eigenvalue weighted by Gasteiger charge is -2.28. The van der Waals surface area contributed by atoms with E-state index in [2.05, 4.69) is 10.6 Å². The predicted octanol–water partition coefficient (Wildman–Crippen LogP) is 2.52. The molecule has 1 heterocycles. The fraction of sp³-hybridized carbons (Fsp3) is 0.375. The summed E-state index contributed by atoms with van der Waals surface area (Å²) in [6.07, 6.45) is -4.54. The van der Waals surface area contributed by atoms with Crippen LogP contribution >= 0.6 is 0 Å². The molecule has 1 aliphatic rings. The average Bonchev–Trinajstić information content (AvgIpc) is 2.53. The minimum Gasteiger partial charge on any atom is -0.460 e. The van der Waals surface area contributed by atoms with Gasteiger partial charge in [-0.15, -0.1) is 0 Å². The van der Waals surface area contributed by atoms with Gasteiger partial charge in [0.1, 0.15) is 6.61 Å². The van der Waals surface area contributed by atoms with Gasteiger partial charge >= 0.3 is 18.2 Å². The summed E-state index contributed by atoms with van der Waals surface area (Å²) in [5.41, 5.74) is -0.492. The number of alkyl halides is 3. The van der Waals surface area contributed by atoms with Crippen LogP contribution in [0, 0.1) is 0 Å². The number of allylic oxidation sites excluding steroid dienone is 1. The number of benzene rings is 1. The van der Waals surface area contributed by atoms with Gasteiger partial charge in [0.25, 0.3) is 0 Å². The zero-order valence-corrected chi connectivity index (χ0v) is 13.6. The van der Waals surface area contributed by atoms with Crippen LogP contribution in [0.15, 0.2) is 35.5 Å². The Hall–Kier alpha value is -2.55. The van der Waals surface area contributed by atoms with Crippen molar-refractivity contribution in [1.29, 1.82) is 0 Å². The second-order valence-corrected chi connectivity index (χ2v) is 5.32. The molecule has 6 nitrogen and oxygen atoms in total. The third-order valence-electron chi connectivity index (χ3n) is 3.56. The van der Waals surface area contributed by atoms with Crippen molar-refractivity contribution in [1.82, 2.24) is 10.6 Å². The van der Waals surface area contributed by atoms with Gasteiger partial charge in [0.15, 0.2) is 0 Å². The van der Waals surface area contributed by atoms with Crippen molar-refractivity contribution in [2.45, 2.75) is 19.1 Å². The number of urea groups is 1. The first kappa shape index (κ1) is 18.8. The summed E-state index contributed by atoms with van der Waals surface area (Å²) in [6.45, 7) is 1.63. The first-order valence-electron chi connectivity index (χ1n) is 7.35. The molecule has 25 heavy (non-hydrogen) atoms. The largest absolute Gasteiger partial charge is 0.460 e. The van der Waals surface area contributed by atoms with Gasteiger partial charge in [-0.2, -0.15) is 13.2 Å². The number of carbonyl (C=O) groups is 2. The van der Waals surface area contributed by atoms with E-state index in [4.69, 9.17) is 9.47 Å². The lowest BCUT2D eigenvalue weighted by molar-refractivity contribution is -0.140. The van der Waals surface area contributed by atoms with E-state index in [-0.39, 0.29) is 30.0 Å². The minimum atomic E-state index is -4.54. The van der Waals surface area contributed by atoms with E-state index in [0.29, 0.717) is 0 Å². The molecule has 0 aromatic heterocycles. The summed E-state index contributed by atoms with van der Waals surface area (Å²) < 4.78 is 48.6. The van der Waals surface area contributed by atoms with E-state index in [9.17, 15) is 22.8 Å². The van der Waals surface area contributed by atoms with E-state index in [1.807, 2.05) is 0 Å². The highest BCUT2D eigenvalue weighted by molar-refractivity contribution is 5.95. The molecular weight excluding hydrogens is 341 g/mol. The Kier molecular flexibility index (Phi) is 5.68. The van der Waals surface area contributed by atoms with Crippen LogP contribution < -0.4 is 10.6 Å². The standard InChI is InChI=1S/C16H17F3N2O4/c1-9-12(14(22)25-7-6-24-2)13(21-15(23)20-9)10-4-3-5-11(8-10)16(17,18)19/h3-5,8,13H,6-7H2,1-2H3,(H2,20,21,23)/t13-/m1/s1. The molecule has 9 heteroatoms. The number of methoxy groups -OCH3 is 1. The van der Waals surface area contributed by atoms with E-state index < -0.39 is 29.8 Å². The number of hydrogen-bond donors (Lipinski definition) is 2. The third kappa shape index (κ3) is 4.50. The van der Waals surface area contributed by atoms with Crippen molar-refractivity contribution in [3.8, 4) is 0 Å². The van der Waals surface area contributed by atoms with Crippen LogP contribution in [0.1, 0.15) is 24.1 Å². The van der Waals surface area contributed by atoms with E-state index in [1.54, 1.807) is 0 Å². The SMILES string of the molecule is COCCOC(=O)C1=C(C)NC(=O)N[C@@H]1c1cccc(C(F)(F)F)c1. The molecule has 1 aliphatic heterocycles. The molecule has 0 saturated carbocycles. The Labute approximate surface area is 142 Å². The third-order valence-corrected chi connectivity index (χ3v) is 3.56. The van der Waals surface area contributed by atoms with Crippen LogP contribution in [-0.2, 0) is 20.4 Å². The van der Waals surface area contributed by atoms with Gasteiger partial charge in [-0.3, -0.25) is 0 Å². The van der Waals surface area contributed by atoms with Crippen molar-refractivity contribution in [2.24, 2.45) is 0 Å². The fourth-order valence-electron chi connectivity index (χ4n) is 2.40. The predicted molar refractivity (Wildman–Crippen MR) is 81.4 cm³/mol. The maximum Gasteiger partial charge on any atom is 0.416 e. The van der Waals surface area contributed by atoms with Gasteiger partial charge in [0.2, 0.25) is 0 Å². The molecule has 0 bridgehead atoms. The lowest BCUT2D eigenvalue weighted by atomic mass is 9.94. The highest BCUT2D eigenvalue weighted by Crippen LogP contribution is 2.33. The number of esters is 1. The maximum absolute atomic E-state index is 12.9. The van der Waals surface area contributed by atoms with E-state index >= 15 is 0 Å². The van der Waals surface area contributed by atoms with Gasteiger partial charge in [0.05, 0.1) is 23.8 Å². The smallest absolute Gasteiger partial charge is 0.416 e. The quantitative estimate of drug-likeness (QED) is 0.626. The average molecular weight is 358 g/mol. The second kappa shape index (κ2) is 7.56. The van der Waals surface area contributed by atoms with Crippen molar-refractivity contribution in [2.75, 3.05) is 20.3 Å². The van der Waals surface area contributed by atoms with Crippen molar-refractivity contribution in [3.05, 3.63) is 46.7 Å². The molecule has 0 unspecified atom stereocenters. The van der Waals surface area contributed by atoms with Gasteiger partial charge in [-0.25, -0.2) is 9.59 Å². The maximum atomic E-state index is 12.9. The van der Waals surface area contributed by atoms with Gasteiger partial charge in [-0.05, 0) is 24.6 Å². The molecule has 2 rings (SSSR count). The number of carbonyl (C=O) groups excluding carboxylic acids is 2. The van der Waals surface area contributed by atoms with Crippen molar-refractivity contribution in [3.63, 3.8) is 0 Å². The zero-order valence-electron chi connectivity index (χ0n) is 13.6. The molecule has 136 valence electrons. The molecule has 0 aliphatic carbocycles. The monoisotopic (exact) mass is 358 g/mol. The van der Waals surface area contributed by atoms with Crippen LogP contribution in [0.5, 0.6) is 0 Å². The number of halogens is 3. The first-order chi connectivity index (χ1) is 11.7. The second-order valence-electron chi connectivity index (χ2n) is 5.32. The fourth-order valence-corrected chi connectivity index (χ4v) is 2.40. The topological polar surface area (TPSA) is 76.7 Å². The van der Waals surface area contributed by atoms with Crippen LogP contribution in [0.3, 0.4) is 0 Å². The molecule has 0 fully saturated rings. The Morgan fingerprint density at radius 3 is 2.64 bits per heavy atom.